The van der Waals surface area contributed by atoms with Crippen LogP contribution in [0.4, 0.5) is 5.69 Å². The molecule has 164 valence electrons. The van der Waals surface area contributed by atoms with Crippen LogP contribution in [0.15, 0.2) is 60.7 Å². The fourth-order valence-electron chi connectivity index (χ4n) is 3.71. The van der Waals surface area contributed by atoms with Gasteiger partial charge in [0.25, 0.3) is 5.91 Å². The lowest BCUT2D eigenvalue weighted by Gasteiger charge is -2.34. The summed E-state index contributed by atoms with van der Waals surface area (Å²) < 4.78 is 5.03. The average Bonchev–Trinajstić information content (AvgIpc) is 2.81. The van der Waals surface area contributed by atoms with Gasteiger partial charge < -0.3 is 20.3 Å². The number of nitrogens with one attached hydrogen (secondary N) is 2. The van der Waals surface area contributed by atoms with Crippen molar-refractivity contribution < 1.29 is 14.3 Å². The molecule has 0 unspecified atom stereocenters. The quantitative estimate of drug-likeness (QED) is 0.482. The smallest absolute Gasteiger partial charge is 0.253 e. The third-order valence-corrected chi connectivity index (χ3v) is 5.37. The summed E-state index contributed by atoms with van der Waals surface area (Å²) in [5, 5.41) is 6.06. The number of benzene rings is 2. The normalized spacial score (nSPS) is 14.5. The zero-order valence-electron chi connectivity index (χ0n) is 18.0. The van der Waals surface area contributed by atoms with Crippen molar-refractivity contribution in [2.24, 2.45) is 0 Å². The summed E-state index contributed by atoms with van der Waals surface area (Å²) in [6.45, 7) is 2.80. The van der Waals surface area contributed by atoms with Crippen molar-refractivity contribution >= 4 is 23.6 Å². The second-order valence-corrected chi connectivity index (χ2v) is 7.63. The van der Waals surface area contributed by atoms with Gasteiger partial charge in [-0.1, -0.05) is 42.5 Å². The van der Waals surface area contributed by atoms with Crippen LogP contribution in [0, 0.1) is 0 Å². The van der Waals surface area contributed by atoms with Crippen molar-refractivity contribution in [3.63, 3.8) is 0 Å². The first-order chi connectivity index (χ1) is 15.2. The SMILES string of the molecule is COCCCNC(=O)c1ccccc1N1CCC(NC(=O)C=Cc2ccccc2)CC1. The summed E-state index contributed by atoms with van der Waals surface area (Å²) >= 11 is 0. The van der Waals surface area contributed by atoms with E-state index in [-0.39, 0.29) is 17.9 Å². The number of amides is 2. The molecule has 0 aliphatic carbocycles. The lowest BCUT2D eigenvalue weighted by Crippen LogP contribution is -2.44. The van der Waals surface area contributed by atoms with Crippen molar-refractivity contribution in [1.29, 1.82) is 0 Å². The molecule has 2 aromatic rings. The Morgan fingerprint density at radius 3 is 2.52 bits per heavy atom. The molecule has 0 bridgehead atoms. The molecule has 1 aliphatic heterocycles. The number of piperidine rings is 1. The number of anilines is 1. The maximum absolute atomic E-state index is 12.6. The van der Waals surface area contributed by atoms with E-state index in [1.165, 1.54) is 0 Å². The number of para-hydroxylation sites is 1. The van der Waals surface area contributed by atoms with E-state index in [1.54, 1.807) is 13.2 Å². The van der Waals surface area contributed by atoms with E-state index in [1.807, 2.05) is 60.7 Å². The molecule has 0 spiro atoms. The topological polar surface area (TPSA) is 70.7 Å². The molecule has 1 fully saturated rings. The first-order valence-corrected chi connectivity index (χ1v) is 10.8. The van der Waals surface area contributed by atoms with E-state index >= 15 is 0 Å². The van der Waals surface area contributed by atoms with Gasteiger partial charge in [0.15, 0.2) is 0 Å². The zero-order valence-corrected chi connectivity index (χ0v) is 18.0. The molecule has 3 rings (SSSR count). The first kappa shape index (κ1) is 22.6. The summed E-state index contributed by atoms with van der Waals surface area (Å²) in [7, 11) is 1.66. The molecule has 0 atom stereocenters. The molecule has 6 heteroatoms. The summed E-state index contributed by atoms with van der Waals surface area (Å²) in [6, 6.07) is 17.6. The second kappa shape index (κ2) is 11.9. The Kier molecular flexibility index (Phi) is 8.67. The van der Waals surface area contributed by atoms with Gasteiger partial charge in [-0.15, -0.1) is 0 Å². The summed E-state index contributed by atoms with van der Waals surface area (Å²) in [6.07, 6.45) is 5.88. The van der Waals surface area contributed by atoms with Crippen LogP contribution in [-0.2, 0) is 9.53 Å². The van der Waals surface area contributed by atoms with E-state index in [0.29, 0.717) is 18.7 Å². The molecule has 2 aromatic carbocycles. The second-order valence-electron chi connectivity index (χ2n) is 7.63. The third-order valence-electron chi connectivity index (χ3n) is 5.37. The van der Waals surface area contributed by atoms with Crippen LogP contribution in [-0.4, -0.2) is 51.2 Å². The molecular formula is C25H31N3O3. The molecule has 0 radical (unpaired) electrons. The van der Waals surface area contributed by atoms with Crippen LogP contribution in [0.5, 0.6) is 0 Å². The Morgan fingerprint density at radius 1 is 1.06 bits per heavy atom. The maximum Gasteiger partial charge on any atom is 0.253 e. The number of hydrogen-bond donors (Lipinski definition) is 2. The number of carbonyl (C=O) groups is 2. The highest BCUT2D eigenvalue weighted by Crippen LogP contribution is 2.24. The maximum atomic E-state index is 12.6. The van der Waals surface area contributed by atoms with Gasteiger partial charge in [-0.3, -0.25) is 9.59 Å². The van der Waals surface area contributed by atoms with Crippen LogP contribution in [0.1, 0.15) is 35.2 Å². The van der Waals surface area contributed by atoms with Gasteiger partial charge in [0.2, 0.25) is 5.91 Å². The van der Waals surface area contributed by atoms with Crippen LogP contribution in [0.3, 0.4) is 0 Å². The van der Waals surface area contributed by atoms with Gasteiger partial charge in [0.1, 0.15) is 0 Å². The summed E-state index contributed by atoms with van der Waals surface area (Å²) in [5.41, 5.74) is 2.64. The van der Waals surface area contributed by atoms with Gasteiger partial charge in [-0.25, -0.2) is 0 Å². The first-order valence-electron chi connectivity index (χ1n) is 10.8. The largest absolute Gasteiger partial charge is 0.385 e. The number of methoxy groups -OCH3 is 1. The van der Waals surface area contributed by atoms with Gasteiger partial charge >= 0.3 is 0 Å². The molecule has 0 saturated carbocycles. The summed E-state index contributed by atoms with van der Waals surface area (Å²) in [4.78, 5) is 27.1. The number of ether oxygens (including phenoxy) is 1. The van der Waals surface area contributed by atoms with Crippen LogP contribution < -0.4 is 15.5 Å². The van der Waals surface area contributed by atoms with Gasteiger partial charge in [0.05, 0.1) is 5.56 Å². The van der Waals surface area contributed by atoms with Gasteiger partial charge in [-0.2, -0.15) is 0 Å². The summed E-state index contributed by atoms with van der Waals surface area (Å²) in [5.74, 6) is -0.133. The highest BCUT2D eigenvalue weighted by atomic mass is 16.5. The average molecular weight is 422 g/mol. The fourth-order valence-corrected chi connectivity index (χ4v) is 3.71. The van der Waals surface area contributed by atoms with Crippen molar-refractivity contribution in [3.05, 3.63) is 71.8 Å². The Bertz CT molecular complexity index is 875. The van der Waals surface area contributed by atoms with Crippen molar-refractivity contribution in [2.45, 2.75) is 25.3 Å². The van der Waals surface area contributed by atoms with Crippen molar-refractivity contribution in [1.82, 2.24) is 10.6 Å². The number of nitrogens with zero attached hydrogens (tertiary/aromatic N) is 1. The van der Waals surface area contributed by atoms with E-state index in [2.05, 4.69) is 15.5 Å². The Labute approximate surface area is 184 Å². The molecule has 0 aromatic heterocycles. The molecule has 1 saturated heterocycles. The highest BCUT2D eigenvalue weighted by molar-refractivity contribution is 5.99. The van der Waals surface area contributed by atoms with E-state index in [0.717, 1.165) is 43.6 Å². The van der Waals surface area contributed by atoms with Crippen LogP contribution in [0.25, 0.3) is 6.08 Å². The fraction of sp³-hybridized carbons (Fsp3) is 0.360. The monoisotopic (exact) mass is 421 g/mol. The predicted molar refractivity (Wildman–Crippen MR) is 124 cm³/mol. The van der Waals surface area contributed by atoms with Gasteiger partial charge in [-0.05, 0) is 43.0 Å². The predicted octanol–water partition coefficient (Wildman–Crippen LogP) is 3.25. The van der Waals surface area contributed by atoms with Crippen LogP contribution in [0.2, 0.25) is 0 Å². The van der Waals surface area contributed by atoms with Crippen molar-refractivity contribution in [2.75, 3.05) is 38.3 Å². The van der Waals surface area contributed by atoms with E-state index < -0.39 is 0 Å². The highest BCUT2D eigenvalue weighted by Gasteiger charge is 2.23. The minimum Gasteiger partial charge on any atom is -0.385 e. The van der Waals surface area contributed by atoms with Gasteiger partial charge in [0, 0.05) is 51.2 Å². The molecule has 2 amide bonds. The van der Waals surface area contributed by atoms with E-state index in [9.17, 15) is 9.59 Å². The number of hydrogen-bond acceptors (Lipinski definition) is 4. The lowest BCUT2D eigenvalue weighted by atomic mass is 10.0. The lowest BCUT2D eigenvalue weighted by molar-refractivity contribution is -0.117. The minimum absolute atomic E-state index is 0.0619. The minimum atomic E-state index is -0.0712. The Balaban J connectivity index is 1.51. The molecule has 1 aliphatic rings. The zero-order chi connectivity index (χ0) is 21.9. The standard InChI is InChI=1S/C25H31N3O3/c1-31-19-7-16-26-25(30)22-10-5-6-11-23(22)28-17-14-21(15-18-28)27-24(29)13-12-20-8-3-2-4-9-20/h2-6,8-13,21H,7,14-19H2,1H3,(H,26,30)(H,27,29). The van der Waals surface area contributed by atoms with Crippen LogP contribution >= 0.6 is 0 Å². The molecule has 6 nitrogen and oxygen atoms in total. The van der Waals surface area contributed by atoms with E-state index in [4.69, 9.17) is 4.74 Å². The Hall–Kier alpha value is -3.12. The number of rotatable bonds is 9. The third kappa shape index (κ3) is 6.96. The molecular weight excluding hydrogens is 390 g/mol. The van der Waals surface area contributed by atoms with Crippen molar-refractivity contribution in [3.8, 4) is 0 Å². The molecule has 2 N–H and O–H groups in total. The molecule has 1 heterocycles. The number of carbonyl (C=O) groups excluding carboxylic acids is 2. The Morgan fingerprint density at radius 2 is 1.77 bits per heavy atom. The molecule has 31 heavy (non-hydrogen) atoms.